The number of benzene rings is 3. The molecule has 46 heavy (non-hydrogen) atoms. The highest BCUT2D eigenvalue weighted by Crippen LogP contribution is 2.32. The van der Waals surface area contributed by atoms with Gasteiger partial charge in [0.1, 0.15) is 6.61 Å². The van der Waals surface area contributed by atoms with Crippen LogP contribution >= 0.6 is 11.3 Å². The Morgan fingerprint density at radius 1 is 0.848 bits per heavy atom. The molecule has 238 valence electrons. The van der Waals surface area contributed by atoms with E-state index in [4.69, 9.17) is 18.9 Å². The van der Waals surface area contributed by atoms with Crippen LogP contribution in [-0.4, -0.2) is 36.3 Å². The monoisotopic (exact) mass is 640 g/mol. The Bertz CT molecular complexity index is 1960. The number of carbonyl (C=O) groups is 2. The van der Waals surface area contributed by atoms with Gasteiger partial charge in [-0.05, 0) is 81.7 Å². The summed E-state index contributed by atoms with van der Waals surface area (Å²) < 4.78 is 24.4. The van der Waals surface area contributed by atoms with Gasteiger partial charge in [-0.15, -0.1) is 0 Å². The molecule has 5 rings (SSSR count). The quantitative estimate of drug-likeness (QED) is 0.206. The Labute approximate surface area is 271 Å². The van der Waals surface area contributed by atoms with Crippen molar-refractivity contribution in [2.24, 2.45) is 4.99 Å². The molecule has 0 unspecified atom stereocenters. The van der Waals surface area contributed by atoms with E-state index < -0.39 is 12.0 Å². The van der Waals surface area contributed by atoms with E-state index in [-0.39, 0.29) is 24.7 Å². The number of thiazole rings is 1. The number of ether oxygens (including phenoxy) is 4. The van der Waals surface area contributed by atoms with Gasteiger partial charge >= 0.3 is 11.9 Å². The molecule has 0 saturated carbocycles. The average Bonchev–Trinajstić information content (AvgIpc) is 3.34. The maximum absolute atomic E-state index is 14.0. The van der Waals surface area contributed by atoms with E-state index in [0.717, 1.165) is 22.3 Å². The molecule has 9 nitrogen and oxygen atoms in total. The summed E-state index contributed by atoms with van der Waals surface area (Å²) in [5.41, 5.74) is 4.58. The van der Waals surface area contributed by atoms with Gasteiger partial charge in [0.15, 0.2) is 16.3 Å². The zero-order valence-corrected chi connectivity index (χ0v) is 27.3. The van der Waals surface area contributed by atoms with E-state index in [1.54, 1.807) is 49.6 Å². The molecule has 4 aromatic rings. The fourth-order valence-electron chi connectivity index (χ4n) is 5.12. The van der Waals surface area contributed by atoms with Crippen molar-refractivity contribution in [3.63, 3.8) is 0 Å². The average molecular weight is 641 g/mol. The maximum atomic E-state index is 14.0. The number of allylic oxidation sites excluding steroid dienone is 1. The predicted molar refractivity (Wildman–Crippen MR) is 176 cm³/mol. The number of hydrogen-bond acceptors (Lipinski definition) is 9. The minimum Gasteiger partial charge on any atom is -0.490 e. The molecule has 0 N–H and O–H groups in total. The number of nitrogens with zero attached hydrogens (tertiary/aromatic N) is 2. The minimum atomic E-state index is -0.667. The summed E-state index contributed by atoms with van der Waals surface area (Å²) in [5, 5.41) is 0. The number of carbonyl (C=O) groups excluding carboxylic acids is 2. The van der Waals surface area contributed by atoms with Crippen molar-refractivity contribution in [2.75, 3.05) is 19.8 Å². The highest BCUT2D eigenvalue weighted by molar-refractivity contribution is 7.07. The highest BCUT2D eigenvalue weighted by atomic mass is 32.1. The van der Waals surface area contributed by atoms with Gasteiger partial charge in [-0.2, -0.15) is 0 Å². The van der Waals surface area contributed by atoms with Crippen molar-refractivity contribution in [1.82, 2.24) is 4.57 Å². The van der Waals surface area contributed by atoms with Gasteiger partial charge in [0.25, 0.3) is 5.56 Å². The lowest BCUT2D eigenvalue weighted by atomic mass is 9.95. The number of esters is 2. The fraction of sp³-hybridized carbons (Fsp3) is 0.278. The second kappa shape index (κ2) is 14.4. The van der Waals surface area contributed by atoms with E-state index in [0.29, 0.717) is 50.9 Å². The van der Waals surface area contributed by atoms with Crippen molar-refractivity contribution in [3.8, 4) is 11.5 Å². The zero-order chi connectivity index (χ0) is 32.8. The van der Waals surface area contributed by atoms with Crippen LogP contribution in [-0.2, 0) is 20.9 Å². The van der Waals surface area contributed by atoms with Crippen LogP contribution in [0.1, 0.15) is 66.3 Å². The molecule has 1 atom stereocenters. The first-order valence-corrected chi connectivity index (χ1v) is 16.0. The molecule has 0 spiro atoms. The van der Waals surface area contributed by atoms with Crippen LogP contribution < -0.4 is 24.4 Å². The number of aryl methyl sites for hydroxylation is 1. The fourth-order valence-corrected chi connectivity index (χ4v) is 6.17. The molecule has 3 aromatic carbocycles. The third kappa shape index (κ3) is 6.97. The molecule has 0 fully saturated rings. The molecule has 2 heterocycles. The minimum absolute atomic E-state index is 0.213. The molecule has 0 radical (unpaired) electrons. The van der Waals surface area contributed by atoms with E-state index in [1.165, 1.54) is 11.3 Å². The van der Waals surface area contributed by atoms with Gasteiger partial charge in [-0.3, -0.25) is 9.36 Å². The lowest BCUT2D eigenvalue weighted by Crippen LogP contribution is -2.39. The standard InChI is InChI=1S/C36H36N2O7S/c1-6-42-29-19-25(13-18-28(29)45-21-24-11-16-27(17-12-24)34(40)43-7-2)20-30-33(39)38-32(26-14-9-22(4)10-15-26)31(35(41)44-8-3)23(5)37-36(38)46-30/h9-20,32H,6-8,21H2,1-5H3/b30-20-/t32-/m0/s1. The zero-order valence-electron chi connectivity index (χ0n) is 26.5. The molecular weight excluding hydrogens is 604 g/mol. The lowest BCUT2D eigenvalue weighted by molar-refractivity contribution is -0.139. The van der Waals surface area contributed by atoms with E-state index in [1.807, 2.05) is 62.4 Å². The Morgan fingerprint density at radius 2 is 1.54 bits per heavy atom. The summed E-state index contributed by atoms with van der Waals surface area (Å²) in [6.07, 6.45) is 1.79. The second-order valence-corrected chi connectivity index (χ2v) is 11.6. The van der Waals surface area contributed by atoms with E-state index in [2.05, 4.69) is 4.99 Å². The normalized spacial score (nSPS) is 14.4. The Morgan fingerprint density at radius 3 is 2.22 bits per heavy atom. The van der Waals surface area contributed by atoms with Crippen LogP contribution in [0.4, 0.5) is 0 Å². The summed E-state index contributed by atoms with van der Waals surface area (Å²) in [4.78, 5) is 44.2. The molecule has 1 aromatic heterocycles. The van der Waals surface area contributed by atoms with Crippen molar-refractivity contribution in [3.05, 3.63) is 126 Å². The Kier molecular flexibility index (Phi) is 10.2. The SMILES string of the molecule is CCOC(=O)C1=C(C)N=c2s/c(=C\c3ccc(OCc4ccc(C(=O)OCC)cc4)c(OCC)c3)c(=O)n2[C@H]1c1ccc(C)cc1. The van der Waals surface area contributed by atoms with Crippen LogP contribution in [0.25, 0.3) is 6.08 Å². The summed E-state index contributed by atoms with van der Waals surface area (Å²) in [6.45, 7) is 10.4. The summed E-state index contributed by atoms with van der Waals surface area (Å²) >= 11 is 1.26. The molecule has 0 aliphatic carbocycles. The van der Waals surface area contributed by atoms with Crippen LogP contribution in [0.5, 0.6) is 11.5 Å². The first-order chi connectivity index (χ1) is 22.2. The number of rotatable bonds is 11. The number of fused-ring (bicyclic) bond motifs is 1. The largest absolute Gasteiger partial charge is 0.490 e. The van der Waals surface area contributed by atoms with Crippen molar-refractivity contribution in [2.45, 2.75) is 47.3 Å². The van der Waals surface area contributed by atoms with Gasteiger partial charge in [-0.25, -0.2) is 14.6 Å². The van der Waals surface area contributed by atoms with Gasteiger partial charge in [0.2, 0.25) is 0 Å². The highest BCUT2D eigenvalue weighted by Gasteiger charge is 2.33. The Hall–Kier alpha value is -4.96. The summed E-state index contributed by atoms with van der Waals surface area (Å²) in [5.74, 6) is 0.224. The second-order valence-electron chi connectivity index (χ2n) is 10.6. The van der Waals surface area contributed by atoms with Crippen molar-refractivity contribution >= 4 is 29.4 Å². The third-order valence-electron chi connectivity index (χ3n) is 7.33. The van der Waals surface area contributed by atoms with Gasteiger partial charge in [0, 0.05) is 0 Å². The molecule has 1 aliphatic rings. The summed E-state index contributed by atoms with van der Waals surface area (Å²) in [6, 6.07) is 19.6. The number of aromatic nitrogens is 1. The van der Waals surface area contributed by atoms with Crippen LogP contribution in [0.3, 0.4) is 0 Å². The van der Waals surface area contributed by atoms with E-state index >= 15 is 0 Å². The van der Waals surface area contributed by atoms with E-state index in [9.17, 15) is 14.4 Å². The third-order valence-corrected chi connectivity index (χ3v) is 8.32. The van der Waals surface area contributed by atoms with Crippen molar-refractivity contribution in [1.29, 1.82) is 0 Å². The maximum Gasteiger partial charge on any atom is 0.338 e. The molecule has 10 heteroatoms. The van der Waals surface area contributed by atoms with Crippen LogP contribution in [0.2, 0.25) is 0 Å². The van der Waals surface area contributed by atoms with Crippen molar-refractivity contribution < 1.29 is 28.5 Å². The number of hydrogen-bond donors (Lipinski definition) is 0. The van der Waals surface area contributed by atoms with Crippen LogP contribution in [0.15, 0.2) is 87.8 Å². The predicted octanol–water partition coefficient (Wildman–Crippen LogP) is 5.26. The van der Waals surface area contributed by atoms with Gasteiger partial charge in [-0.1, -0.05) is 59.4 Å². The first-order valence-electron chi connectivity index (χ1n) is 15.2. The molecule has 1 aliphatic heterocycles. The smallest absolute Gasteiger partial charge is 0.338 e. The molecular formula is C36H36N2O7S. The topological polar surface area (TPSA) is 105 Å². The summed E-state index contributed by atoms with van der Waals surface area (Å²) in [7, 11) is 0. The van der Waals surface area contributed by atoms with Gasteiger partial charge in [0.05, 0.1) is 47.2 Å². The van der Waals surface area contributed by atoms with Crippen LogP contribution in [0, 0.1) is 6.92 Å². The van der Waals surface area contributed by atoms with Gasteiger partial charge < -0.3 is 18.9 Å². The molecule has 0 saturated heterocycles. The molecule has 0 bridgehead atoms. The Balaban J connectivity index is 1.47. The lowest BCUT2D eigenvalue weighted by Gasteiger charge is -2.24. The first kappa shape index (κ1) is 32.4. The molecule has 0 amide bonds.